The molecular formula is C34H60O12S. The third kappa shape index (κ3) is 6.82. The number of ether oxygens (including phenoxy) is 4. The zero-order valence-corrected chi connectivity index (χ0v) is 30.0. The number of fused-ring (bicyclic) bond motifs is 5. The average molecular weight is 693 g/mol. The van der Waals surface area contributed by atoms with Crippen molar-refractivity contribution in [3.05, 3.63) is 0 Å². The van der Waals surface area contributed by atoms with Gasteiger partial charge in [0.15, 0.2) is 6.29 Å². The Hall–Kier alpha value is -0.450. The molecule has 0 aromatic rings. The van der Waals surface area contributed by atoms with Crippen LogP contribution in [0.4, 0.5) is 0 Å². The van der Waals surface area contributed by atoms with Gasteiger partial charge in [0.2, 0.25) is 0 Å². The number of hydrogen-bond acceptors (Lipinski definition) is 11. The van der Waals surface area contributed by atoms with Gasteiger partial charge in [0, 0.05) is 26.6 Å². The van der Waals surface area contributed by atoms with Crippen molar-refractivity contribution in [1.82, 2.24) is 0 Å². The van der Waals surface area contributed by atoms with Crippen LogP contribution in [0, 0.1) is 46.3 Å². The summed E-state index contributed by atoms with van der Waals surface area (Å²) in [6, 6.07) is 0. The normalized spacial score (nSPS) is 49.3. The SMILES string of the molecule is CO[C@H]1[C@H](O[C@H]2CC[C@@]3(C)C(C2)[C@H](O)C[C@]2(O)C3CC[C@@]3(C)C2[C@@H](OS(=O)(=O)O)[C@H](O)[C@@H]3[C@H](C)CCCC(C)C)OC[C@@H](OC)[C@@H]1O. The van der Waals surface area contributed by atoms with Crippen molar-refractivity contribution in [2.75, 3.05) is 20.8 Å². The highest BCUT2D eigenvalue weighted by atomic mass is 32.3. The van der Waals surface area contributed by atoms with Crippen LogP contribution in [0.1, 0.15) is 92.4 Å². The van der Waals surface area contributed by atoms with Crippen LogP contribution in [-0.2, 0) is 33.5 Å². The first-order valence-electron chi connectivity index (χ1n) is 17.7. The maximum absolute atomic E-state index is 12.9. The van der Waals surface area contributed by atoms with Crippen LogP contribution in [0.15, 0.2) is 0 Å². The van der Waals surface area contributed by atoms with Crippen molar-refractivity contribution in [1.29, 1.82) is 0 Å². The van der Waals surface area contributed by atoms with E-state index in [0.29, 0.717) is 38.0 Å². The molecule has 5 rings (SSSR count). The lowest BCUT2D eigenvalue weighted by Gasteiger charge is -2.66. The standard InChI is InChI=1S/C34H60O12S/c1-18(2)9-8-10-19(3)25-27(37)28(46-47(39,40)41)30-33(25,5)14-12-24-32(4)13-11-20(15-21(32)22(35)16-34(24,30)38)45-31-29(43-7)26(36)23(42-6)17-44-31/h18-31,35-38H,8-17H2,1-7H3,(H,39,40,41)/t19-,20+,21?,22-,23-,24?,25+,26+,27-,28+,29-,30?,31+,32+,33-,34+/m1/s1. The fourth-order valence-corrected chi connectivity index (χ4v) is 11.9. The Balaban J connectivity index is 1.40. The van der Waals surface area contributed by atoms with E-state index in [-0.39, 0.29) is 42.8 Å². The van der Waals surface area contributed by atoms with Gasteiger partial charge in [0.25, 0.3) is 0 Å². The summed E-state index contributed by atoms with van der Waals surface area (Å²) in [6.45, 7) is 10.7. The molecule has 13 heteroatoms. The molecule has 0 spiro atoms. The van der Waals surface area contributed by atoms with Crippen LogP contribution in [-0.4, -0.2) is 109 Å². The smallest absolute Gasteiger partial charge is 0.393 e. The average Bonchev–Trinajstić information content (AvgIpc) is 3.18. The molecule has 0 aromatic carbocycles. The Labute approximate surface area is 280 Å². The van der Waals surface area contributed by atoms with Crippen molar-refractivity contribution >= 4 is 10.4 Å². The van der Waals surface area contributed by atoms with E-state index in [1.807, 2.05) is 6.92 Å². The van der Waals surface area contributed by atoms with E-state index in [9.17, 15) is 33.4 Å². The first-order chi connectivity index (χ1) is 21.9. The van der Waals surface area contributed by atoms with Crippen LogP contribution in [0.3, 0.4) is 0 Å². The zero-order valence-electron chi connectivity index (χ0n) is 29.2. The molecule has 3 unspecified atom stereocenters. The number of aliphatic hydroxyl groups is 4. The molecule has 1 saturated heterocycles. The van der Waals surface area contributed by atoms with Gasteiger partial charge in [-0.15, -0.1) is 0 Å². The third-order valence-corrected chi connectivity index (χ3v) is 13.8. The predicted molar refractivity (Wildman–Crippen MR) is 171 cm³/mol. The summed E-state index contributed by atoms with van der Waals surface area (Å²) in [6.07, 6.45) is -0.891. The van der Waals surface area contributed by atoms with Gasteiger partial charge < -0.3 is 39.4 Å². The van der Waals surface area contributed by atoms with Crippen LogP contribution in [0.2, 0.25) is 0 Å². The second-order valence-corrected chi connectivity index (χ2v) is 17.5. The number of rotatable bonds is 11. The fraction of sp³-hybridized carbons (Fsp3) is 1.00. The molecule has 274 valence electrons. The van der Waals surface area contributed by atoms with Gasteiger partial charge in [0.1, 0.15) is 24.4 Å². The van der Waals surface area contributed by atoms with E-state index in [2.05, 4.69) is 27.7 Å². The van der Waals surface area contributed by atoms with Crippen LogP contribution in [0.25, 0.3) is 0 Å². The summed E-state index contributed by atoms with van der Waals surface area (Å²) < 4.78 is 62.7. The van der Waals surface area contributed by atoms with Crippen LogP contribution in [0.5, 0.6) is 0 Å². The minimum absolute atomic E-state index is 0.00767. The highest BCUT2D eigenvalue weighted by molar-refractivity contribution is 7.80. The predicted octanol–water partition coefficient (Wildman–Crippen LogP) is 3.09. The van der Waals surface area contributed by atoms with Crippen LogP contribution < -0.4 is 0 Å². The number of methoxy groups -OCH3 is 2. The molecule has 1 heterocycles. The maximum atomic E-state index is 12.9. The Bertz CT molecular complexity index is 1190. The Kier molecular flexibility index (Phi) is 11.2. The molecule has 0 amide bonds. The van der Waals surface area contributed by atoms with E-state index in [0.717, 1.165) is 19.3 Å². The van der Waals surface area contributed by atoms with Crippen molar-refractivity contribution in [3.8, 4) is 0 Å². The lowest BCUT2D eigenvalue weighted by Crippen LogP contribution is -2.69. The van der Waals surface area contributed by atoms with Gasteiger partial charge in [0.05, 0.1) is 30.5 Å². The minimum Gasteiger partial charge on any atom is -0.393 e. The van der Waals surface area contributed by atoms with E-state index >= 15 is 0 Å². The van der Waals surface area contributed by atoms with Crippen LogP contribution >= 0.6 is 0 Å². The van der Waals surface area contributed by atoms with E-state index in [1.165, 1.54) is 14.2 Å². The van der Waals surface area contributed by atoms with Crippen molar-refractivity contribution in [2.45, 2.75) is 147 Å². The molecule has 0 bridgehead atoms. The summed E-state index contributed by atoms with van der Waals surface area (Å²) in [5.41, 5.74) is -2.74. The lowest BCUT2D eigenvalue weighted by atomic mass is 9.42. The van der Waals surface area contributed by atoms with Crippen molar-refractivity contribution in [3.63, 3.8) is 0 Å². The highest BCUT2D eigenvalue weighted by Gasteiger charge is 2.73. The Morgan fingerprint density at radius 1 is 0.936 bits per heavy atom. The third-order valence-electron chi connectivity index (χ3n) is 13.4. The number of aliphatic hydroxyl groups excluding tert-OH is 3. The monoisotopic (exact) mass is 692 g/mol. The molecule has 1 aliphatic heterocycles. The molecule has 0 radical (unpaired) electrons. The molecular weight excluding hydrogens is 632 g/mol. The molecule has 12 nitrogen and oxygen atoms in total. The minimum atomic E-state index is -4.95. The molecule has 47 heavy (non-hydrogen) atoms. The van der Waals surface area contributed by atoms with Gasteiger partial charge in [-0.05, 0) is 72.5 Å². The number of hydrogen-bond donors (Lipinski definition) is 5. The molecule has 0 aromatic heterocycles. The first kappa shape index (κ1) is 37.8. The highest BCUT2D eigenvalue weighted by Crippen LogP contribution is 2.70. The van der Waals surface area contributed by atoms with E-state index in [4.69, 9.17) is 23.1 Å². The molecule has 4 aliphatic carbocycles. The van der Waals surface area contributed by atoms with Gasteiger partial charge in [-0.2, -0.15) is 8.42 Å². The second kappa shape index (κ2) is 13.9. The largest absolute Gasteiger partial charge is 0.397 e. The molecule has 5 N–H and O–H groups in total. The van der Waals surface area contributed by atoms with Crippen molar-refractivity contribution < 1.29 is 56.5 Å². The van der Waals surface area contributed by atoms with Gasteiger partial charge in [-0.1, -0.05) is 53.9 Å². The molecule has 16 atom stereocenters. The summed E-state index contributed by atoms with van der Waals surface area (Å²) >= 11 is 0. The van der Waals surface area contributed by atoms with Gasteiger partial charge in [-0.3, -0.25) is 4.55 Å². The molecule has 4 saturated carbocycles. The summed E-state index contributed by atoms with van der Waals surface area (Å²) in [4.78, 5) is 0. The summed E-state index contributed by atoms with van der Waals surface area (Å²) in [7, 11) is -1.95. The maximum Gasteiger partial charge on any atom is 0.397 e. The zero-order chi connectivity index (χ0) is 34.7. The molecule has 5 fully saturated rings. The van der Waals surface area contributed by atoms with E-state index < -0.39 is 75.7 Å². The van der Waals surface area contributed by atoms with Gasteiger partial charge >= 0.3 is 10.4 Å². The van der Waals surface area contributed by atoms with Gasteiger partial charge in [-0.25, -0.2) is 4.18 Å². The van der Waals surface area contributed by atoms with Crippen molar-refractivity contribution in [2.24, 2.45) is 46.3 Å². The van der Waals surface area contributed by atoms with E-state index in [1.54, 1.807) is 0 Å². The quantitative estimate of drug-likeness (QED) is 0.158. The summed E-state index contributed by atoms with van der Waals surface area (Å²) in [5, 5.41) is 47.2. The second-order valence-electron chi connectivity index (χ2n) is 16.5. The fourth-order valence-electron chi connectivity index (χ4n) is 11.4. The Morgan fingerprint density at radius 2 is 1.62 bits per heavy atom. The first-order valence-corrected chi connectivity index (χ1v) is 19.0. The lowest BCUT2D eigenvalue weighted by molar-refractivity contribution is -0.305. The topological polar surface area (TPSA) is 181 Å². The Morgan fingerprint density at radius 3 is 2.23 bits per heavy atom. The summed E-state index contributed by atoms with van der Waals surface area (Å²) in [5.74, 6) is -1.16. The molecule has 5 aliphatic rings.